The van der Waals surface area contributed by atoms with Crippen LogP contribution in [0.2, 0.25) is 0 Å². The first kappa shape index (κ1) is 22.6. The van der Waals surface area contributed by atoms with Gasteiger partial charge in [-0.05, 0) is 42.2 Å². The summed E-state index contributed by atoms with van der Waals surface area (Å²) in [4.78, 5) is 13.3. The highest BCUT2D eigenvalue weighted by molar-refractivity contribution is 7.92. The van der Waals surface area contributed by atoms with Crippen LogP contribution >= 0.6 is 0 Å². The SMILES string of the molecule is CCc1ccc(N(C(C)C(=O)NC(c2ccccc2)c2ccccc2)S(C)(=O)=O)cc1. The van der Waals surface area contributed by atoms with Gasteiger partial charge in [0.2, 0.25) is 15.9 Å². The second-order valence-electron chi connectivity index (χ2n) is 7.52. The summed E-state index contributed by atoms with van der Waals surface area (Å²) in [7, 11) is -3.67. The number of aryl methyl sites for hydroxylation is 1. The van der Waals surface area contributed by atoms with Gasteiger partial charge in [0.25, 0.3) is 0 Å². The fraction of sp³-hybridized carbons (Fsp3) is 0.240. The number of amides is 1. The molecule has 1 amide bonds. The molecule has 162 valence electrons. The lowest BCUT2D eigenvalue weighted by Crippen LogP contribution is -2.48. The van der Waals surface area contributed by atoms with Gasteiger partial charge >= 0.3 is 0 Å². The number of hydrogen-bond donors (Lipinski definition) is 1. The van der Waals surface area contributed by atoms with E-state index < -0.39 is 16.1 Å². The molecular weight excluding hydrogens is 408 g/mol. The third-order valence-electron chi connectivity index (χ3n) is 5.24. The van der Waals surface area contributed by atoms with Crippen LogP contribution in [0.3, 0.4) is 0 Å². The number of benzene rings is 3. The van der Waals surface area contributed by atoms with Crippen molar-refractivity contribution in [2.75, 3.05) is 10.6 Å². The van der Waals surface area contributed by atoms with Gasteiger partial charge in [0.05, 0.1) is 18.0 Å². The first-order valence-corrected chi connectivity index (χ1v) is 12.1. The molecule has 0 saturated carbocycles. The number of hydrogen-bond acceptors (Lipinski definition) is 3. The van der Waals surface area contributed by atoms with Crippen molar-refractivity contribution in [2.45, 2.75) is 32.4 Å². The van der Waals surface area contributed by atoms with Crippen LogP contribution in [0.15, 0.2) is 84.9 Å². The van der Waals surface area contributed by atoms with Crippen molar-refractivity contribution in [2.24, 2.45) is 0 Å². The highest BCUT2D eigenvalue weighted by Crippen LogP contribution is 2.25. The van der Waals surface area contributed by atoms with Gasteiger partial charge in [-0.25, -0.2) is 8.42 Å². The van der Waals surface area contributed by atoms with E-state index in [4.69, 9.17) is 0 Å². The van der Waals surface area contributed by atoms with Crippen LogP contribution < -0.4 is 9.62 Å². The topological polar surface area (TPSA) is 66.5 Å². The number of carbonyl (C=O) groups excluding carboxylic acids is 1. The van der Waals surface area contributed by atoms with Gasteiger partial charge in [0.15, 0.2) is 0 Å². The predicted molar refractivity (Wildman–Crippen MR) is 125 cm³/mol. The van der Waals surface area contributed by atoms with Crippen LogP contribution in [0.1, 0.15) is 36.6 Å². The third kappa shape index (κ3) is 5.52. The number of carbonyl (C=O) groups is 1. The van der Waals surface area contributed by atoms with E-state index in [1.165, 1.54) is 4.31 Å². The van der Waals surface area contributed by atoms with Gasteiger partial charge in [-0.3, -0.25) is 9.10 Å². The molecule has 1 N–H and O–H groups in total. The molecular formula is C25H28N2O3S. The minimum Gasteiger partial charge on any atom is -0.343 e. The minimum absolute atomic E-state index is 0.373. The van der Waals surface area contributed by atoms with E-state index in [9.17, 15) is 13.2 Å². The Hall–Kier alpha value is -3.12. The summed E-state index contributed by atoms with van der Waals surface area (Å²) in [6.45, 7) is 3.64. The summed E-state index contributed by atoms with van der Waals surface area (Å²) >= 11 is 0. The lowest BCUT2D eigenvalue weighted by molar-refractivity contribution is -0.122. The number of anilines is 1. The van der Waals surface area contributed by atoms with E-state index in [1.807, 2.05) is 79.7 Å². The first-order valence-electron chi connectivity index (χ1n) is 10.3. The molecule has 1 atom stereocenters. The molecule has 1 unspecified atom stereocenters. The second-order valence-corrected chi connectivity index (χ2v) is 9.38. The normalized spacial score (nSPS) is 12.4. The second kappa shape index (κ2) is 9.79. The van der Waals surface area contributed by atoms with Crippen LogP contribution in [0.25, 0.3) is 0 Å². The lowest BCUT2D eigenvalue weighted by Gasteiger charge is -2.30. The van der Waals surface area contributed by atoms with Crippen molar-refractivity contribution in [3.63, 3.8) is 0 Å². The Morgan fingerprint density at radius 2 is 1.35 bits per heavy atom. The van der Waals surface area contributed by atoms with Crippen molar-refractivity contribution in [3.05, 3.63) is 102 Å². The summed E-state index contributed by atoms with van der Waals surface area (Å²) in [6, 6.07) is 25.2. The van der Waals surface area contributed by atoms with E-state index in [2.05, 4.69) is 5.32 Å². The zero-order valence-electron chi connectivity index (χ0n) is 18.0. The zero-order chi connectivity index (χ0) is 22.4. The number of nitrogens with zero attached hydrogens (tertiary/aromatic N) is 1. The van der Waals surface area contributed by atoms with Gasteiger partial charge in [-0.1, -0.05) is 79.7 Å². The highest BCUT2D eigenvalue weighted by Gasteiger charge is 2.30. The first-order chi connectivity index (χ1) is 14.8. The monoisotopic (exact) mass is 436 g/mol. The van der Waals surface area contributed by atoms with Gasteiger partial charge < -0.3 is 5.32 Å². The fourth-order valence-electron chi connectivity index (χ4n) is 3.60. The molecule has 6 heteroatoms. The predicted octanol–water partition coefficient (Wildman–Crippen LogP) is 4.31. The molecule has 3 rings (SSSR count). The Bertz CT molecular complexity index is 1060. The largest absolute Gasteiger partial charge is 0.343 e. The number of sulfonamides is 1. The molecule has 0 heterocycles. The summed E-state index contributed by atoms with van der Waals surface area (Å²) in [5.74, 6) is -0.373. The zero-order valence-corrected chi connectivity index (χ0v) is 18.8. The summed E-state index contributed by atoms with van der Waals surface area (Å²) in [5.41, 5.74) is 3.42. The van der Waals surface area contributed by atoms with E-state index in [-0.39, 0.29) is 11.9 Å². The Balaban J connectivity index is 1.92. The van der Waals surface area contributed by atoms with Crippen LogP contribution in [-0.4, -0.2) is 26.6 Å². The smallest absolute Gasteiger partial charge is 0.244 e. The summed E-state index contributed by atoms with van der Waals surface area (Å²) in [5, 5.41) is 3.05. The van der Waals surface area contributed by atoms with Crippen LogP contribution in [0.4, 0.5) is 5.69 Å². The van der Waals surface area contributed by atoms with Crippen LogP contribution in [0.5, 0.6) is 0 Å². The quantitative estimate of drug-likeness (QED) is 0.572. The van der Waals surface area contributed by atoms with Crippen LogP contribution in [0, 0.1) is 0 Å². The van der Waals surface area contributed by atoms with Gasteiger partial charge in [-0.15, -0.1) is 0 Å². The maximum Gasteiger partial charge on any atom is 0.244 e. The van der Waals surface area contributed by atoms with E-state index in [0.717, 1.165) is 29.4 Å². The van der Waals surface area contributed by atoms with Gasteiger partial charge in [-0.2, -0.15) is 0 Å². The van der Waals surface area contributed by atoms with E-state index in [0.29, 0.717) is 5.69 Å². The van der Waals surface area contributed by atoms with Crippen molar-refractivity contribution in [3.8, 4) is 0 Å². The fourth-order valence-corrected chi connectivity index (χ4v) is 4.78. The molecule has 31 heavy (non-hydrogen) atoms. The average molecular weight is 437 g/mol. The lowest BCUT2D eigenvalue weighted by atomic mass is 9.98. The van der Waals surface area contributed by atoms with Crippen molar-refractivity contribution in [1.82, 2.24) is 5.32 Å². The molecule has 0 spiro atoms. The average Bonchev–Trinajstić information content (AvgIpc) is 2.78. The van der Waals surface area contributed by atoms with E-state index >= 15 is 0 Å². The third-order valence-corrected chi connectivity index (χ3v) is 6.48. The molecule has 0 radical (unpaired) electrons. The van der Waals surface area contributed by atoms with Crippen molar-refractivity contribution < 1.29 is 13.2 Å². The number of rotatable bonds is 8. The van der Waals surface area contributed by atoms with Gasteiger partial charge in [0, 0.05) is 0 Å². The maximum absolute atomic E-state index is 13.3. The van der Waals surface area contributed by atoms with Crippen molar-refractivity contribution >= 4 is 21.6 Å². The molecule has 0 aliphatic carbocycles. The summed E-state index contributed by atoms with van der Waals surface area (Å²) < 4.78 is 26.4. The molecule has 0 aliphatic rings. The molecule has 0 aromatic heterocycles. The Labute approximate surface area is 184 Å². The highest BCUT2D eigenvalue weighted by atomic mass is 32.2. The molecule has 3 aromatic rings. The molecule has 0 saturated heterocycles. The molecule has 0 aliphatic heterocycles. The molecule has 0 fully saturated rings. The molecule has 3 aromatic carbocycles. The minimum atomic E-state index is -3.67. The molecule has 0 bridgehead atoms. The van der Waals surface area contributed by atoms with Crippen molar-refractivity contribution in [1.29, 1.82) is 0 Å². The maximum atomic E-state index is 13.3. The Kier molecular flexibility index (Phi) is 7.13. The van der Waals surface area contributed by atoms with E-state index in [1.54, 1.807) is 19.1 Å². The van der Waals surface area contributed by atoms with Crippen LogP contribution in [-0.2, 0) is 21.2 Å². The molecule has 5 nitrogen and oxygen atoms in total. The van der Waals surface area contributed by atoms with Gasteiger partial charge in [0.1, 0.15) is 6.04 Å². The Morgan fingerprint density at radius 3 is 1.77 bits per heavy atom. The standard InChI is InChI=1S/C25H28N2O3S/c1-4-20-15-17-23(18-16-20)27(31(3,29)30)19(2)25(28)26-24(21-11-7-5-8-12-21)22-13-9-6-10-14-22/h5-19,24H,4H2,1-3H3,(H,26,28). The number of nitrogens with one attached hydrogen (secondary N) is 1. The Morgan fingerprint density at radius 1 is 0.871 bits per heavy atom. The summed E-state index contributed by atoms with van der Waals surface area (Å²) in [6.07, 6.45) is 1.97.